The van der Waals surface area contributed by atoms with Crippen LogP contribution in [-0.4, -0.2) is 41.0 Å². The fraction of sp³-hybridized carbons (Fsp3) is 0.467. The van der Waals surface area contributed by atoms with Crippen LogP contribution in [0.4, 0.5) is 10.1 Å². The van der Waals surface area contributed by atoms with Gasteiger partial charge in [0.2, 0.25) is 5.91 Å². The molecule has 0 saturated carbocycles. The minimum absolute atomic E-state index is 0.0288. The van der Waals surface area contributed by atoms with Gasteiger partial charge in [0.1, 0.15) is 11.9 Å². The van der Waals surface area contributed by atoms with Crippen molar-refractivity contribution in [3.63, 3.8) is 0 Å². The van der Waals surface area contributed by atoms with E-state index in [1.165, 1.54) is 24.3 Å². The molecule has 6 heteroatoms. The zero-order chi connectivity index (χ0) is 15.4. The number of carbonyl (C=O) groups is 2. The quantitative estimate of drug-likeness (QED) is 0.890. The molecule has 0 radical (unpaired) electrons. The Morgan fingerprint density at radius 2 is 2.05 bits per heavy atom. The lowest BCUT2D eigenvalue weighted by Gasteiger charge is -2.35. The lowest BCUT2D eigenvalue weighted by atomic mass is 9.92. The molecule has 1 heterocycles. The van der Waals surface area contributed by atoms with E-state index < -0.39 is 12.0 Å². The molecular formula is C15H19FN2O3. The number of hydrogen-bond acceptors (Lipinski definition) is 3. The van der Waals surface area contributed by atoms with Gasteiger partial charge in [0.05, 0.1) is 6.54 Å². The van der Waals surface area contributed by atoms with E-state index in [0.29, 0.717) is 24.6 Å². The first-order valence-corrected chi connectivity index (χ1v) is 6.98. The van der Waals surface area contributed by atoms with Gasteiger partial charge in [-0.15, -0.1) is 0 Å². The van der Waals surface area contributed by atoms with Crippen LogP contribution in [0.2, 0.25) is 0 Å². The van der Waals surface area contributed by atoms with Gasteiger partial charge >= 0.3 is 5.97 Å². The van der Waals surface area contributed by atoms with Crippen molar-refractivity contribution in [2.75, 3.05) is 18.4 Å². The van der Waals surface area contributed by atoms with Gasteiger partial charge in [0.25, 0.3) is 0 Å². The number of carbonyl (C=O) groups excluding carboxylic acids is 1. The number of benzene rings is 1. The molecule has 0 aliphatic carbocycles. The third-order valence-electron chi connectivity index (χ3n) is 3.74. The Kier molecular flexibility index (Phi) is 4.90. The molecule has 1 amide bonds. The second-order valence-electron chi connectivity index (χ2n) is 5.51. The van der Waals surface area contributed by atoms with Crippen LogP contribution in [0, 0.1) is 11.7 Å². The van der Waals surface area contributed by atoms with Crippen molar-refractivity contribution in [1.82, 2.24) is 4.90 Å². The summed E-state index contributed by atoms with van der Waals surface area (Å²) in [6, 6.07) is 4.85. The van der Waals surface area contributed by atoms with Gasteiger partial charge < -0.3 is 10.4 Å². The Morgan fingerprint density at radius 1 is 1.38 bits per heavy atom. The third-order valence-corrected chi connectivity index (χ3v) is 3.74. The molecule has 2 N–H and O–H groups in total. The van der Waals surface area contributed by atoms with E-state index in [0.717, 1.165) is 6.42 Å². The maximum Gasteiger partial charge on any atom is 0.320 e. The number of rotatable bonds is 4. The summed E-state index contributed by atoms with van der Waals surface area (Å²) in [6.45, 7) is 2.64. The SMILES string of the molecule is CC1CCN(CC(=O)Nc2ccc(F)cc2)C(C(=O)O)C1. The van der Waals surface area contributed by atoms with Crippen LogP contribution in [0.1, 0.15) is 19.8 Å². The summed E-state index contributed by atoms with van der Waals surface area (Å²) in [5.74, 6) is -1.20. The van der Waals surface area contributed by atoms with Gasteiger partial charge in [0.15, 0.2) is 0 Å². The number of carboxylic acid groups (broad SMARTS) is 1. The molecule has 1 aromatic carbocycles. The first-order chi connectivity index (χ1) is 9.95. The molecule has 1 aliphatic heterocycles. The predicted molar refractivity (Wildman–Crippen MR) is 76.4 cm³/mol. The minimum Gasteiger partial charge on any atom is -0.480 e. The second kappa shape index (κ2) is 6.67. The first kappa shape index (κ1) is 15.4. The van der Waals surface area contributed by atoms with Crippen molar-refractivity contribution in [2.24, 2.45) is 5.92 Å². The Labute approximate surface area is 122 Å². The van der Waals surface area contributed by atoms with Crippen LogP contribution in [0.3, 0.4) is 0 Å². The van der Waals surface area contributed by atoms with Crippen molar-refractivity contribution in [2.45, 2.75) is 25.8 Å². The van der Waals surface area contributed by atoms with E-state index in [4.69, 9.17) is 0 Å². The van der Waals surface area contributed by atoms with E-state index >= 15 is 0 Å². The van der Waals surface area contributed by atoms with E-state index in [1.807, 2.05) is 6.92 Å². The fourth-order valence-electron chi connectivity index (χ4n) is 2.55. The van der Waals surface area contributed by atoms with Gasteiger partial charge in [-0.25, -0.2) is 4.39 Å². The highest BCUT2D eigenvalue weighted by Crippen LogP contribution is 2.22. The second-order valence-corrected chi connectivity index (χ2v) is 5.51. The number of hydrogen-bond donors (Lipinski definition) is 2. The van der Waals surface area contributed by atoms with Crippen molar-refractivity contribution >= 4 is 17.6 Å². The number of amides is 1. The Hall–Kier alpha value is -1.95. The minimum atomic E-state index is -0.892. The van der Waals surface area contributed by atoms with Gasteiger partial charge in [0, 0.05) is 5.69 Å². The van der Waals surface area contributed by atoms with Crippen LogP contribution < -0.4 is 5.32 Å². The van der Waals surface area contributed by atoms with E-state index in [1.54, 1.807) is 4.90 Å². The number of carboxylic acids is 1. The Balaban J connectivity index is 1.94. The summed E-state index contributed by atoms with van der Waals surface area (Å²) >= 11 is 0. The van der Waals surface area contributed by atoms with Crippen molar-refractivity contribution in [3.05, 3.63) is 30.1 Å². The van der Waals surface area contributed by atoms with Crippen LogP contribution in [0.15, 0.2) is 24.3 Å². The number of piperidine rings is 1. The first-order valence-electron chi connectivity index (χ1n) is 6.98. The lowest BCUT2D eigenvalue weighted by molar-refractivity contribution is -0.145. The molecule has 1 saturated heterocycles. The molecule has 2 atom stereocenters. The molecule has 2 rings (SSSR count). The highest BCUT2D eigenvalue weighted by atomic mass is 19.1. The van der Waals surface area contributed by atoms with E-state index in [2.05, 4.69) is 5.32 Å². The van der Waals surface area contributed by atoms with Gasteiger partial charge in [-0.2, -0.15) is 0 Å². The van der Waals surface area contributed by atoms with Crippen LogP contribution in [0.25, 0.3) is 0 Å². The topological polar surface area (TPSA) is 69.6 Å². The Morgan fingerprint density at radius 3 is 2.67 bits per heavy atom. The normalized spacial score (nSPS) is 22.8. The highest BCUT2D eigenvalue weighted by Gasteiger charge is 2.32. The predicted octanol–water partition coefficient (Wildman–Crippen LogP) is 1.95. The van der Waals surface area contributed by atoms with Crippen LogP contribution >= 0.6 is 0 Å². The summed E-state index contributed by atoms with van der Waals surface area (Å²) in [6.07, 6.45) is 1.44. The number of nitrogens with one attached hydrogen (secondary N) is 1. The van der Waals surface area contributed by atoms with Crippen molar-refractivity contribution in [3.8, 4) is 0 Å². The zero-order valence-electron chi connectivity index (χ0n) is 11.9. The molecule has 0 spiro atoms. The van der Waals surface area contributed by atoms with Crippen LogP contribution in [-0.2, 0) is 9.59 Å². The summed E-state index contributed by atoms with van der Waals surface area (Å²) in [5.41, 5.74) is 0.499. The monoisotopic (exact) mass is 294 g/mol. The fourth-order valence-corrected chi connectivity index (χ4v) is 2.55. The lowest BCUT2D eigenvalue weighted by Crippen LogP contribution is -2.49. The molecule has 1 aliphatic rings. The summed E-state index contributed by atoms with van der Waals surface area (Å²) in [4.78, 5) is 24.9. The molecule has 1 aromatic rings. The van der Waals surface area contributed by atoms with Crippen molar-refractivity contribution < 1.29 is 19.1 Å². The average Bonchev–Trinajstić information content (AvgIpc) is 2.43. The van der Waals surface area contributed by atoms with Crippen molar-refractivity contribution in [1.29, 1.82) is 0 Å². The average molecular weight is 294 g/mol. The molecule has 0 bridgehead atoms. The number of likely N-dealkylation sites (tertiary alicyclic amines) is 1. The molecule has 1 fully saturated rings. The maximum atomic E-state index is 12.8. The maximum absolute atomic E-state index is 12.8. The summed E-state index contributed by atoms with van der Waals surface area (Å²) in [7, 11) is 0. The van der Waals surface area contributed by atoms with E-state index in [-0.39, 0.29) is 18.3 Å². The third kappa shape index (κ3) is 4.26. The molecule has 21 heavy (non-hydrogen) atoms. The number of nitrogens with zero attached hydrogens (tertiary/aromatic N) is 1. The highest BCUT2D eigenvalue weighted by molar-refractivity contribution is 5.92. The van der Waals surface area contributed by atoms with E-state index in [9.17, 15) is 19.1 Å². The Bertz CT molecular complexity index is 518. The molecule has 2 unspecified atom stereocenters. The standard InChI is InChI=1S/C15H19FN2O3/c1-10-6-7-18(13(8-10)15(20)21)9-14(19)17-12-4-2-11(16)3-5-12/h2-5,10,13H,6-9H2,1H3,(H,17,19)(H,20,21). The van der Waals surface area contributed by atoms with Gasteiger partial charge in [-0.05, 0) is 49.6 Å². The smallest absolute Gasteiger partial charge is 0.320 e. The number of aliphatic carboxylic acids is 1. The van der Waals surface area contributed by atoms with Crippen LogP contribution in [0.5, 0.6) is 0 Å². The molecular weight excluding hydrogens is 275 g/mol. The molecule has 5 nitrogen and oxygen atoms in total. The van der Waals surface area contributed by atoms with Gasteiger partial charge in [-0.3, -0.25) is 14.5 Å². The zero-order valence-corrected chi connectivity index (χ0v) is 11.9. The summed E-state index contributed by atoms with van der Waals surface area (Å²) in [5, 5.41) is 11.9. The van der Waals surface area contributed by atoms with Gasteiger partial charge in [-0.1, -0.05) is 6.92 Å². The number of anilines is 1. The number of halogens is 1. The summed E-state index contributed by atoms with van der Waals surface area (Å²) < 4.78 is 12.8. The molecule has 0 aromatic heterocycles. The molecule has 114 valence electrons. The largest absolute Gasteiger partial charge is 0.480 e.